The fourth-order valence-corrected chi connectivity index (χ4v) is 3.62. The van der Waals surface area contributed by atoms with Crippen LogP contribution >= 0.6 is 0 Å². The number of para-hydroxylation sites is 1. The van der Waals surface area contributed by atoms with Crippen LogP contribution in [0.1, 0.15) is 32.1 Å². The van der Waals surface area contributed by atoms with E-state index in [1.807, 2.05) is 48.7 Å². The van der Waals surface area contributed by atoms with Gasteiger partial charge in [0.1, 0.15) is 13.2 Å². The van der Waals surface area contributed by atoms with Crippen LogP contribution in [0.4, 0.5) is 0 Å². The highest BCUT2D eigenvalue weighted by Crippen LogP contribution is 2.40. The van der Waals surface area contributed by atoms with Gasteiger partial charge in [-0.3, -0.25) is 20.4 Å². The number of hydrogen-bond acceptors (Lipinski definition) is 5. The second-order valence-corrected chi connectivity index (χ2v) is 7.07. The van der Waals surface area contributed by atoms with Gasteiger partial charge in [-0.1, -0.05) is 18.2 Å². The van der Waals surface area contributed by atoms with Gasteiger partial charge in [0, 0.05) is 22.6 Å². The number of fused-ring (bicyclic) bond motifs is 1. The van der Waals surface area contributed by atoms with Crippen molar-refractivity contribution in [2.24, 2.45) is 0 Å². The van der Waals surface area contributed by atoms with Gasteiger partial charge < -0.3 is 18.8 Å². The van der Waals surface area contributed by atoms with E-state index < -0.39 is 11.8 Å². The van der Waals surface area contributed by atoms with Crippen molar-refractivity contribution in [2.45, 2.75) is 13.8 Å². The van der Waals surface area contributed by atoms with Crippen molar-refractivity contribution in [1.29, 1.82) is 0 Å². The van der Waals surface area contributed by atoms with Crippen molar-refractivity contribution in [2.75, 3.05) is 20.3 Å². The summed E-state index contributed by atoms with van der Waals surface area (Å²) < 4.78 is 18.4. The first kappa shape index (κ1) is 20.3. The van der Waals surface area contributed by atoms with Gasteiger partial charge in [0.15, 0.2) is 11.5 Å². The number of carbonyl (C=O) groups excluding carboxylic acids is 2. The quantitative estimate of drug-likeness (QED) is 0.632. The van der Waals surface area contributed by atoms with Crippen molar-refractivity contribution in [3.8, 4) is 22.9 Å². The molecule has 0 aliphatic carbocycles. The molecule has 1 aliphatic rings. The van der Waals surface area contributed by atoms with Crippen LogP contribution in [0.3, 0.4) is 0 Å². The molecule has 1 aromatic heterocycles. The minimum absolute atomic E-state index is 0.274. The molecule has 0 fully saturated rings. The molecule has 0 saturated carbocycles. The fourth-order valence-electron chi connectivity index (χ4n) is 3.62. The topological polar surface area (TPSA) is 90.8 Å². The summed E-state index contributed by atoms with van der Waals surface area (Å²) in [5, 5.41) is 0. The largest absolute Gasteiger partial charge is 0.493 e. The standard InChI is InChI=1S/C23H23N3O5/c1-14-11-18(15(2)26(14)17-7-5-4-6-8-17)23(28)25-24-22(27)16-12-19(29-3)21-20(13-16)30-9-10-31-21/h4-8,11-13H,9-10H2,1-3H3,(H,24,27)(H,25,28). The molecule has 8 heteroatoms. The zero-order valence-corrected chi connectivity index (χ0v) is 17.5. The third-order valence-corrected chi connectivity index (χ3v) is 5.07. The summed E-state index contributed by atoms with van der Waals surface area (Å²) in [5.41, 5.74) is 8.33. The molecule has 1 aliphatic heterocycles. The normalized spacial score (nSPS) is 12.2. The van der Waals surface area contributed by atoms with E-state index in [9.17, 15) is 9.59 Å². The van der Waals surface area contributed by atoms with Crippen LogP contribution in [0.2, 0.25) is 0 Å². The van der Waals surface area contributed by atoms with Crippen LogP contribution in [0.5, 0.6) is 17.2 Å². The van der Waals surface area contributed by atoms with E-state index in [0.717, 1.165) is 17.1 Å². The Morgan fingerprint density at radius 2 is 1.68 bits per heavy atom. The van der Waals surface area contributed by atoms with Crippen LogP contribution < -0.4 is 25.1 Å². The summed E-state index contributed by atoms with van der Waals surface area (Å²) in [6.07, 6.45) is 0. The first-order valence-electron chi connectivity index (χ1n) is 9.82. The number of rotatable bonds is 4. The molecule has 0 unspecified atom stereocenters. The lowest BCUT2D eigenvalue weighted by Gasteiger charge is -2.21. The second-order valence-electron chi connectivity index (χ2n) is 7.07. The smallest absolute Gasteiger partial charge is 0.271 e. The van der Waals surface area contributed by atoms with Gasteiger partial charge in [0.2, 0.25) is 5.75 Å². The number of ether oxygens (including phenoxy) is 3. The van der Waals surface area contributed by atoms with E-state index in [-0.39, 0.29) is 5.56 Å². The highest BCUT2D eigenvalue weighted by molar-refractivity contribution is 6.00. The molecule has 2 aromatic carbocycles. The van der Waals surface area contributed by atoms with Gasteiger partial charge in [0.05, 0.1) is 12.7 Å². The molecule has 0 saturated heterocycles. The average molecular weight is 421 g/mol. The summed E-state index contributed by atoms with van der Waals surface area (Å²) in [7, 11) is 1.49. The summed E-state index contributed by atoms with van der Waals surface area (Å²) in [5.74, 6) is 0.366. The number of benzene rings is 2. The molecule has 0 atom stereocenters. The lowest BCUT2D eigenvalue weighted by atomic mass is 10.1. The molecule has 0 spiro atoms. The van der Waals surface area contributed by atoms with Crippen LogP contribution in [-0.2, 0) is 0 Å². The third kappa shape index (κ3) is 3.92. The highest BCUT2D eigenvalue weighted by Gasteiger charge is 2.22. The van der Waals surface area contributed by atoms with Crippen molar-refractivity contribution in [3.63, 3.8) is 0 Å². The van der Waals surface area contributed by atoms with Gasteiger partial charge >= 0.3 is 0 Å². The number of aromatic nitrogens is 1. The minimum Gasteiger partial charge on any atom is -0.493 e. The molecule has 8 nitrogen and oxygen atoms in total. The van der Waals surface area contributed by atoms with Gasteiger partial charge in [-0.15, -0.1) is 0 Å². The minimum atomic E-state index is -0.500. The zero-order chi connectivity index (χ0) is 22.0. The van der Waals surface area contributed by atoms with Crippen LogP contribution in [0.15, 0.2) is 48.5 Å². The maximum absolute atomic E-state index is 12.7. The second kappa shape index (κ2) is 8.43. The van der Waals surface area contributed by atoms with Crippen molar-refractivity contribution < 1.29 is 23.8 Å². The Kier molecular flexibility index (Phi) is 5.53. The van der Waals surface area contributed by atoms with E-state index in [1.165, 1.54) is 13.2 Å². The van der Waals surface area contributed by atoms with Gasteiger partial charge in [-0.2, -0.15) is 0 Å². The Morgan fingerprint density at radius 3 is 2.42 bits per heavy atom. The molecular weight excluding hydrogens is 398 g/mol. The first-order chi connectivity index (χ1) is 15.0. The lowest BCUT2D eigenvalue weighted by molar-refractivity contribution is 0.0845. The van der Waals surface area contributed by atoms with Crippen LogP contribution in [0.25, 0.3) is 5.69 Å². The maximum atomic E-state index is 12.7. The number of carbonyl (C=O) groups is 2. The molecule has 3 aromatic rings. The Bertz CT molecular complexity index is 1120. The lowest BCUT2D eigenvalue weighted by Crippen LogP contribution is -2.41. The molecule has 31 heavy (non-hydrogen) atoms. The summed E-state index contributed by atoms with van der Waals surface area (Å²) >= 11 is 0. The molecule has 2 heterocycles. The summed E-state index contributed by atoms with van der Waals surface area (Å²) in [6.45, 7) is 4.58. The van der Waals surface area contributed by atoms with E-state index >= 15 is 0 Å². The molecule has 160 valence electrons. The molecular formula is C23H23N3O5. The number of amides is 2. The Morgan fingerprint density at radius 1 is 0.968 bits per heavy atom. The number of aryl methyl sites for hydroxylation is 1. The Balaban J connectivity index is 1.50. The van der Waals surface area contributed by atoms with Crippen LogP contribution in [0, 0.1) is 13.8 Å². The number of nitrogens with zero attached hydrogens (tertiary/aromatic N) is 1. The monoisotopic (exact) mass is 421 g/mol. The average Bonchev–Trinajstić information content (AvgIpc) is 3.10. The number of hydrazine groups is 1. The van der Waals surface area contributed by atoms with Crippen molar-refractivity contribution >= 4 is 11.8 Å². The maximum Gasteiger partial charge on any atom is 0.271 e. The fraction of sp³-hybridized carbons (Fsp3) is 0.217. The van der Waals surface area contributed by atoms with Gasteiger partial charge in [-0.05, 0) is 44.2 Å². The highest BCUT2D eigenvalue weighted by atomic mass is 16.6. The number of hydrogen-bond donors (Lipinski definition) is 2. The van der Waals surface area contributed by atoms with E-state index in [4.69, 9.17) is 14.2 Å². The predicted octanol–water partition coefficient (Wildman–Crippen LogP) is 2.95. The number of nitrogens with one attached hydrogen (secondary N) is 2. The van der Waals surface area contributed by atoms with Crippen molar-refractivity contribution in [3.05, 3.63) is 71.0 Å². The van der Waals surface area contributed by atoms with Gasteiger partial charge in [0.25, 0.3) is 11.8 Å². The molecule has 2 N–H and O–H groups in total. The Hall–Kier alpha value is -3.94. The van der Waals surface area contributed by atoms with Gasteiger partial charge in [-0.25, -0.2) is 0 Å². The predicted molar refractivity (Wildman–Crippen MR) is 114 cm³/mol. The summed E-state index contributed by atoms with van der Waals surface area (Å²) in [6, 6.07) is 14.6. The molecule has 4 rings (SSSR count). The third-order valence-electron chi connectivity index (χ3n) is 5.07. The summed E-state index contributed by atoms with van der Waals surface area (Å²) in [4.78, 5) is 25.4. The number of methoxy groups -OCH3 is 1. The van der Waals surface area contributed by atoms with Crippen molar-refractivity contribution in [1.82, 2.24) is 15.4 Å². The van der Waals surface area contributed by atoms with Crippen LogP contribution in [-0.4, -0.2) is 36.7 Å². The van der Waals surface area contributed by atoms with E-state index in [0.29, 0.717) is 36.0 Å². The molecule has 2 amide bonds. The zero-order valence-electron chi connectivity index (χ0n) is 17.5. The molecule has 0 radical (unpaired) electrons. The Labute approximate surface area is 179 Å². The van der Waals surface area contributed by atoms with E-state index in [1.54, 1.807) is 12.1 Å². The van der Waals surface area contributed by atoms with E-state index in [2.05, 4.69) is 10.9 Å². The SMILES string of the molecule is COc1cc(C(=O)NNC(=O)c2cc(C)n(-c3ccccc3)c2C)cc2c1OCCO2. The molecule has 0 bridgehead atoms. The first-order valence-corrected chi connectivity index (χ1v) is 9.82.